The van der Waals surface area contributed by atoms with E-state index in [-0.39, 0.29) is 16.7 Å². The van der Waals surface area contributed by atoms with Gasteiger partial charge in [0, 0.05) is 16.9 Å². The van der Waals surface area contributed by atoms with E-state index in [1.165, 1.54) is 22.5 Å². The largest absolute Gasteiger partial charge is 0.508 e. The Kier molecular flexibility index (Phi) is 4.20. The number of rotatable bonds is 3. The second kappa shape index (κ2) is 6.32. The minimum atomic E-state index is -3.86. The molecule has 1 aliphatic heterocycles. The molecule has 1 N–H and O–H groups in total. The number of phenols is 1. The van der Waals surface area contributed by atoms with Gasteiger partial charge in [-0.25, -0.2) is 8.42 Å². The van der Waals surface area contributed by atoms with Crippen molar-refractivity contribution in [3.8, 4) is 11.4 Å². The number of fused-ring (bicyclic) bond motifs is 3. The van der Waals surface area contributed by atoms with Crippen LogP contribution < -0.4 is 4.31 Å². The Morgan fingerprint density at radius 1 is 1.11 bits per heavy atom. The first kappa shape index (κ1) is 17.9. The number of anilines is 1. The summed E-state index contributed by atoms with van der Waals surface area (Å²) in [4.78, 5) is 0.141. The predicted octanol–water partition coefficient (Wildman–Crippen LogP) is 4.80. The van der Waals surface area contributed by atoms with Gasteiger partial charge in [0.15, 0.2) is 0 Å². The summed E-state index contributed by atoms with van der Waals surface area (Å²) in [5, 5.41) is 10.3. The molecule has 5 nitrogen and oxygen atoms in total. The highest BCUT2D eigenvalue weighted by atomic mass is 35.5. The van der Waals surface area contributed by atoms with Crippen LogP contribution in [0.2, 0.25) is 5.02 Å². The van der Waals surface area contributed by atoms with E-state index < -0.39 is 10.0 Å². The topological polar surface area (TPSA) is 62.5 Å². The summed E-state index contributed by atoms with van der Waals surface area (Å²) in [5.74, 6) is 0.0666. The number of phenolic OH excluding ortho intramolecular Hbond substituents is 1. The summed E-state index contributed by atoms with van der Waals surface area (Å²) in [6, 6.07) is 13.1. The van der Waals surface area contributed by atoms with Crippen LogP contribution in [0.15, 0.2) is 59.6 Å². The number of hydrogen-bond donors (Lipinski definition) is 1. The third kappa shape index (κ3) is 2.71. The number of aromatic hydroxyl groups is 1. The first-order chi connectivity index (χ1) is 12.8. The molecule has 2 heterocycles. The van der Waals surface area contributed by atoms with Gasteiger partial charge in [0.25, 0.3) is 10.0 Å². The minimum absolute atomic E-state index is 0.0666. The molecule has 0 saturated heterocycles. The average molecular weight is 403 g/mol. The standard InChI is InChI=1S/C20H19ClN2O3S/c1-3-16-17-5-4-10-22(17)18-8-6-14(21)12-19(18)23(16)27(25,26)15-7-9-20(24)13(2)11-15/h4-12,16,24H,3H2,1-2H3. The third-order valence-corrected chi connectivity index (χ3v) is 7.00. The van der Waals surface area contributed by atoms with Gasteiger partial charge in [0.2, 0.25) is 0 Å². The van der Waals surface area contributed by atoms with Crippen LogP contribution in [-0.4, -0.2) is 18.1 Å². The summed E-state index contributed by atoms with van der Waals surface area (Å²) < 4.78 is 30.7. The van der Waals surface area contributed by atoms with Crippen molar-refractivity contribution in [2.24, 2.45) is 0 Å². The van der Waals surface area contributed by atoms with E-state index in [1.54, 1.807) is 19.1 Å². The average Bonchev–Trinajstić information content (AvgIpc) is 3.12. The number of halogens is 1. The van der Waals surface area contributed by atoms with Crippen molar-refractivity contribution in [3.05, 3.63) is 71.0 Å². The molecular weight excluding hydrogens is 384 g/mol. The van der Waals surface area contributed by atoms with Gasteiger partial charge in [-0.3, -0.25) is 4.31 Å². The zero-order chi connectivity index (χ0) is 19.3. The second-order valence-electron chi connectivity index (χ2n) is 6.61. The number of aryl methyl sites for hydroxylation is 1. The number of hydrogen-bond acceptors (Lipinski definition) is 3. The fraction of sp³-hybridized carbons (Fsp3) is 0.200. The summed E-state index contributed by atoms with van der Waals surface area (Å²) in [5.41, 5.74) is 2.73. The monoisotopic (exact) mass is 402 g/mol. The molecule has 1 aliphatic rings. The zero-order valence-corrected chi connectivity index (χ0v) is 16.5. The number of sulfonamides is 1. The van der Waals surface area contributed by atoms with Crippen molar-refractivity contribution in [2.75, 3.05) is 4.31 Å². The molecule has 4 rings (SSSR count). The maximum atomic E-state index is 13.6. The first-order valence-electron chi connectivity index (χ1n) is 8.66. The lowest BCUT2D eigenvalue weighted by atomic mass is 10.1. The van der Waals surface area contributed by atoms with E-state index in [9.17, 15) is 13.5 Å². The van der Waals surface area contributed by atoms with E-state index in [1.807, 2.05) is 35.9 Å². The van der Waals surface area contributed by atoms with Crippen LogP contribution in [0.3, 0.4) is 0 Å². The molecule has 27 heavy (non-hydrogen) atoms. The Balaban J connectivity index is 1.98. The van der Waals surface area contributed by atoms with E-state index >= 15 is 0 Å². The summed E-state index contributed by atoms with van der Waals surface area (Å²) in [6.07, 6.45) is 2.53. The van der Waals surface area contributed by atoms with E-state index in [2.05, 4.69) is 0 Å². The van der Waals surface area contributed by atoms with Crippen LogP contribution in [0.5, 0.6) is 5.75 Å². The molecule has 1 unspecified atom stereocenters. The van der Waals surface area contributed by atoms with Crippen molar-refractivity contribution in [3.63, 3.8) is 0 Å². The highest BCUT2D eigenvalue weighted by molar-refractivity contribution is 7.92. The Labute approximate surface area is 163 Å². The van der Waals surface area contributed by atoms with Crippen molar-refractivity contribution >= 4 is 27.3 Å². The molecular formula is C20H19ClN2O3S. The van der Waals surface area contributed by atoms with Crippen LogP contribution in [0.25, 0.3) is 5.69 Å². The molecule has 1 aromatic heterocycles. The van der Waals surface area contributed by atoms with Gasteiger partial charge < -0.3 is 9.67 Å². The maximum absolute atomic E-state index is 13.6. The number of benzene rings is 2. The molecule has 0 aliphatic carbocycles. The molecule has 0 bridgehead atoms. The Morgan fingerprint density at radius 3 is 2.59 bits per heavy atom. The maximum Gasteiger partial charge on any atom is 0.265 e. The van der Waals surface area contributed by atoms with Crippen molar-refractivity contribution in [1.29, 1.82) is 0 Å². The van der Waals surface area contributed by atoms with Gasteiger partial charge in [-0.05, 0) is 67.4 Å². The Morgan fingerprint density at radius 2 is 1.89 bits per heavy atom. The van der Waals surface area contributed by atoms with Crippen LogP contribution in [-0.2, 0) is 10.0 Å². The molecule has 3 aromatic rings. The van der Waals surface area contributed by atoms with E-state index in [4.69, 9.17) is 11.6 Å². The van der Waals surface area contributed by atoms with Gasteiger partial charge in [-0.2, -0.15) is 0 Å². The number of nitrogens with zero attached hydrogens (tertiary/aromatic N) is 2. The molecule has 7 heteroatoms. The number of aromatic nitrogens is 1. The highest BCUT2D eigenvalue weighted by Gasteiger charge is 2.38. The quantitative estimate of drug-likeness (QED) is 0.684. The Hall–Kier alpha value is -2.44. The summed E-state index contributed by atoms with van der Waals surface area (Å²) >= 11 is 6.21. The van der Waals surface area contributed by atoms with Crippen LogP contribution in [0.4, 0.5) is 5.69 Å². The van der Waals surface area contributed by atoms with Gasteiger partial charge in [-0.1, -0.05) is 18.5 Å². The zero-order valence-electron chi connectivity index (χ0n) is 14.9. The van der Waals surface area contributed by atoms with Crippen molar-refractivity contribution in [2.45, 2.75) is 31.2 Å². The molecule has 140 valence electrons. The predicted molar refractivity (Wildman–Crippen MR) is 106 cm³/mol. The fourth-order valence-electron chi connectivity index (χ4n) is 3.62. The molecule has 0 saturated carbocycles. The highest BCUT2D eigenvalue weighted by Crippen LogP contribution is 2.44. The van der Waals surface area contributed by atoms with Gasteiger partial charge in [-0.15, -0.1) is 0 Å². The lowest BCUT2D eigenvalue weighted by Gasteiger charge is -2.38. The molecule has 0 fully saturated rings. The van der Waals surface area contributed by atoms with Crippen molar-refractivity contribution < 1.29 is 13.5 Å². The minimum Gasteiger partial charge on any atom is -0.508 e. The molecule has 0 spiro atoms. The lowest BCUT2D eigenvalue weighted by Crippen LogP contribution is -2.39. The van der Waals surface area contributed by atoms with E-state index in [0.29, 0.717) is 22.7 Å². The molecule has 0 amide bonds. The normalized spacial score (nSPS) is 16.1. The van der Waals surface area contributed by atoms with Crippen LogP contribution in [0, 0.1) is 6.92 Å². The molecule has 2 aromatic carbocycles. The van der Waals surface area contributed by atoms with Gasteiger partial charge in [0.1, 0.15) is 5.75 Å². The summed E-state index contributed by atoms with van der Waals surface area (Å²) in [7, 11) is -3.86. The fourth-order valence-corrected chi connectivity index (χ4v) is 5.58. The van der Waals surface area contributed by atoms with Crippen molar-refractivity contribution in [1.82, 2.24) is 4.57 Å². The van der Waals surface area contributed by atoms with Crippen LogP contribution in [0.1, 0.15) is 30.6 Å². The van der Waals surface area contributed by atoms with E-state index in [0.717, 1.165) is 11.4 Å². The smallest absolute Gasteiger partial charge is 0.265 e. The SMILES string of the molecule is CCC1c2cccn2-c2ccc(Cl)cc2N1S(=O)(=O)c1ccc(O)c(C)c1. The molecule has 1 atom stereocenters. The second-order valence-corrected chi connectivity index (χ2v) is 8.86. The first-order valence-corrected chi connectivity index (χ1v) is 10.5. The third-order valence-electron chi connectivity index (χ3n) is 4.95. The molecule has 0 radical (unpaired) electrons. The lowest BCUT2D eigenvalue weighted by molar-refractivity contribution is 0.470. The van der Waals surface area contributed by atoms with Gasteiger partial charge in [0.05, 0.1) is 22.3 Å². The summed E-state index contributed by atoms with van der Waals surface area (Å²) in [6.45, 7) is 3.64. The Bertz CT molecular complexity index is 1140. The van der Waals surface area contributed by atoms with Crippen LogP contribution >= 0.6 is 11.6 Å². The van der Waals surface area contributed by atoms with Gasteiger partial charge >= 0.3 is 0 Å².